The Bertz CT molecular complexity index is 1080. The first-order valence-electron chi connectivity index (χ1n) is 8.11. The van der Waals surface area contributed by atoms with E-state index in [0.29, 0.717) is 12.4 Å². The Morgan fingerprint density at radius 3 is 2.14 bits per heavy atom. The van der Waals surface area contributed by atoms with E-state index in [2.05, 4.69) is 0 Å². The van der Waals surface area contributed by atoms with Crippen LogP contribution in [0.1, 0.15) is 5.56 Å². The number of phenols is 1. The standard InChI is InChI=1S/C20H16Cl2O5S/c1-26-19-11-14(7-8-18(19)27-12-13-5-3-2-4-6-13)28(24,25)15-9-16(21)20(23)17(22)10-15/h2-11,23H,12H2,1H3. The van der Waals surface area contributed by atoms with Crippen molar-refractivity contribution in [2.24, 2.45) is 0 Å². The molecule has 0 aliphatic rings. The van der Waals surface area contributed by atoms with Crippen molar-refractivity contribution >= 4 is 33.0 Å². The van der Waals surface area contributed by atoms with Crippen molar-refractivity contribution in [1.82, 2.24) is 0 Å². The third-order valence-electron chi connectivity index (χ3n) is 3.98. The molecule has 0 unspecified atom stereocenters. The predicted octanol–water partition coefficient (Wildman–Crippen LogP) is 5.12. The Labute approximate surface area is 173 Å². The van der Waals surface area contributed by atoms with Crippen LogP contribution in [0, 0.1) is 0 Å². The van der Waals surface area contributed by atoms with Crippen LogP contribution >= 0.6 is 23.2 Å². The molecule has 0 heterocycles. The third kappa shape index (κ3) is 4.19. The van der Waals surface area contributed by atoms with Crippen LogP contribution in [0.4, 0.5) is 0 Å². The summed E-state index contributed by atoms with van der Waals surface area (Å²) in [6, 6.07) is 16.1. The van der Waals surface area contributed by atoms with Crippen LogP contribution in [0.25, 0.3) is 0 Å². The van der Waals surface area contributed by atoms with Crippen molar-refractivity contribution in [3.63, 3.8) is 0 Å². The second-order valence-corrected chi connectivity index (χ2v) is 8.59. The summed E-state index contributed by atoms with van der Waals surface area (Å²) in [4.78, 5) is -0.158. The van der Waals surface area contributed by atoms with Crippen LogP contribution in [0.5, 0.6) is 17.2 Å². The van der Waals surface area contributed by atoms with Gasteiger partial charge in [0.25, 0.3) is 0 Å². The van der Waals surface area contributed by atoms with E-state index in [1.54, 1.807) is 0 Å². The Morgan fingerprint density at radius 1 is 0.893 bits per heavy atom. The average molecular weight is 439 g/mol. The van der Waals surface area contributed by atoms with E-state index in [4.69, 9.17) is 32.7 Å². The van der Waals surface area contributed by atoms with E-state index in [1.165, 1.54) is 25.3 Å². The molecule has 1 N–H and O–H groups in total. The SMILES string of the molecule is COc1cc(S(=O)(=O)c2cc(Cl)c(O)c(Cl)c2)ccc1OCc1ccccc1. The summed E-state index contributed by atoms with van der Waals surface area (Å²) in [6.45, 7) is 0.312. The van der Waals surface area contributed by atoms with Crippen molar-refractivity contribution in [3.8, 4) is 17.2 Å². The van der Waals surface area contributed by atoms with Gasteiger partial charge in [0.05, 0.1) is 26.9 Å². The van der Waals surface area contributed by atoms with Gasteiger partial charge >= 0.3 is 0 Å². The number of benzene rings is 3. The number of aromatic hydroxyl groups is 1. The highest BCUT2D eigenvalue weighted by Crippen LogP contribution is 2.37. The minimum Gasteiger partial charge on any atom is -0.505 e. The van der Waals surface area contributed by atoms with E-state index in [-0.39, 0.29) is 31.3 Å². The summed E-state index contributed by atoms with van der Waals surface area (Å²) in [7, 11) is -2.51. The summed E-state index contributed by atoms with van der Waals surface area (Å²) in [5, 5.41) is 9.34. The van der Waals surface area contributed by atoms with E-state index in [1.807, 2.05) is 30.3 Å². The topological polar surface area (TPSA) is 72.8 Å². The van der Waals surface area contributed by atoms with Gasteiger partial charge in [-0.15, -0.1) is 0 Å². The van der Waals surface area contributed by atoms with Gasteiger partial charge in [-0.05, 0) is 29.8 Å². The molecular weight excluding hydrogens is 423 g/mol. The van der Waals surface area contributed by atoms with E-state index < -0.39 is 9.84 Å². The number of sulfone groups is 1. The number of hydrogen-bond donors (Lipinski definition) is 1. The Hall–Kier alpha value is -2.41. The van der Waals surface area contributed by atoms with Crippen molar-refractivity contribution in [2.75, 3.05) is 7.11 Å². The first-order valence-corrected chi connectivity index (χ1v) is 10.3. The summed E-state index contributed by atoms with van der Waals surface area (Å²) >= 11 is 11.7. The van der Waals surface area contributed by atoms with E-state index >= 15 is 0 Å². The largest absolute Gasteiger partial charge is 0.505 e. The van der Waals surface area contributed by atoms with Gasteiger partial charge in [-0.3, -0.25) is 0 Å². The lowest BCUT2D eigenvalue weighted by Crippen LogP contribution is -2.04. The number of methoxy groups -OCH3 is 1. The molecule has 0 aliphatic carbocycles. The van der Waals surface area contributed by atoms with Crippen molar-refractivity contribution < 1.29 is 23.0 Å². The molecule has 5 nitrogen and oxygen atoms in total. The second-order valence-electron chi connectivity index (χ2n) is 5.83. The molecule has 0 saturated heterocycles. The zero-order valence-corrected chi connectivity index (χ0v) is 17.1. The van der Waals surface area contributed by atoms with Crippen LogP contribution in [0.15, 0.2) is 70.5 Å². The number of ether oxygens (including phenoxy) is 2. The molecule has 28 heavy (non-hydrogen) atoms. The quantitative estimate of drug-likeness (QED) is 0.577. The minimum absolute atomic E-state index is 0.0192. The molecule has 0 aromatic heterocycles. The molecule has 3 rings (SSSR count). The predicted molar refractivity (Wildman–Crippen MR) is 107 cm³/mol. The van der Waals surface area contributed by atoms with E-state index in [9.17, 15) is 13.5 Å². The molecule has 3 aromatic carbocycles. The van der Waals surface area contributed by atoms with E-state index in [0.717, 1.165) is 17.7 Å². The molecule has 0 saturated carbocycles. The fourth-order valence-electron chi connectivity index (χ4n) is 2.50. The lowest BCUT2D eigenvalue weighted by atomic mass is 10.2. The summed E-state index contributed by atoms with van der Waals surface area (Å²) < 4.78 is 36.9. The first-order chi connectivity index (χ1) is 13.3. The lowest BCUT2D eigenvalue weighted by molar-refractivity contribution is 0.284. The Kier molecular flexibility index (Phi) is 6.03. The molecule has 146 valence electrons. The molecule has 0 radical (unpaired) electrons. The molecule has 0 atom stereocenters. The van der Waals surface area contributed by atoms with Crippen LogP contribution in [-0.4, -0.2) is 20.6 Å². The zero-order valence-electron chi connectivity index (χ0n) is 14.7. The van der Waals surface area contributed by atoms with Gasteiger partial charge in [0.15, 0.2) is 17.2 Å². The molecule has 0 aliphatic heterocycles. The molecule has 0 bridgehead atoms. The van der Waals surface area contributed by atoms with Gasteiger partial charge in [-0.1, -0.05) is 53.5 Å². The molecule has 0 spiro atoms. The monoisotopic (exact) mass is 438 g/mol. The summed E-state index contributed by atoms with van der Waals surface area (Å²) in [5.41, 5.74) is 0.967. The number of rotatable bonds is 6. The molecular formula is C20H16Cl2O5S. The Balaban J connectivity index is 1.92. The van der Waals surface area contributed by atoms with Crippen LogP contribution < -0.4 is 9.47 Å². The third-order valence-corrected chi connectivity index (χ3v) is 6.29. The number of hydrogen-bond acceptors (Lipinski definition) is 5. The van der Waals surface area contributed by atoms with Crippen molar-refractivity contribution in [3.05, 3.63) is 76.3 Å². The molecule has 0 amide bonds. The summed E-state index contributed by atoms with van der Waals surface area (Å²) in [5.74, 6) is 0.310. The fraction of sp³-hybridized carbons (Fsp3) is 0.100. The van der Waals surface area contributed by atoms with Gasteiger partial charge in [0.1, 0.15) is 6.61 Å². The first kappa shape index (κ1) is 20.3. The average Bonchev–Trinajstić information content (AvgIpc) is 2.70. The molecule has 3 aromatic rings. The number of phenolic OH excluding ortho intramolecular Hbond substituents is 1. The van der Waals surface area contributed by atoms with Crippen molar-refractivity contribution in [2.45, 2.75) is 16.4 Å². The second kappa shape index (κ2) is 8.31. The Morgan fingerprint density at radius 2 is 1.54 bits per heavy atom. The van der Waals surface area contributed by atoms with Crippen LogP contribution in [0.3, 0.4) is 0 Å². The van der Waals surface area contributed by atoms with Gasteiger partial charge in [0.2, 0.25) is 9.84 Å². The highest BCUT2D eigenvalue weighted by Gasteiger charge is 2.22. The van der Waals surface area contributed by atoms with Gasteiger partial charge in [-0.2, -0.15) is 0 Å². The van der Waals surface area contributed by atoms with Gasteiger partial charge < -0.3 is 14.6 Å². The normalized spacial score (nSPS) is 11.2. The maximum Gasteiger partial charge on any atom is 0.206 e. The minimum atomic E-state index is -3.93. The van der Waals surface area contributed by atoms with Gasteiger partial charge in [-0.25, -0.2) is 8.42 Å². The summed E-state index contributed by atoms with van der Waals surface area (Å²) in [6.07, 6.45) is 0. The highest BCUT2D eigenvalue weighted by molar-refractivity contribution is 7.91. The van der Waals surface area contributed by atoms with Crippen LogP contribution in [0.2, 0.25) is 10.0 Å². The van der Waals surface area contributed by atoms with Crippen LogP contribution in [-0.2, 0) is 16.4 Å². The highest BCUT2D eigenvalue weighted by atomic mass is 35.5. The smallest absolute Gasteiger partial charge is 0.206 e. The van der Waals surface area contributed by atoms with Gasteiger partial charge in [0, 0.05) is 6.07 Å². The van der Waals surface area contributed by atoms with Crippen molar-refractivity contribution in [1.29, 1.82) is 0 Å². The number of halogens is 2. The zero-order chi connectivity index (χ0) is 20.3. The maximum absolute atomic E-state index is 12.9. The maximum atomic E-state index is 12.9. The molecule has 0 fully saturated rings. The molecule has 8 heteroatoms. The lowest BCUT2D eigenvalue weighted by Gasteiger charge is -2.13. The fourth-order valence-corrected chi connectivity index (χ4v) is 4.45.